The van der Waals surface area contributed by atoms with Crippen molar-refractivity contribution in [3.8, 4) is 5.69 Å². The fourth-order valence-electron chi connectivity index (χ4n) is 2.26. The zero-order valence-electron chi connectivity index (χ0n) is 10.5. The van der Waals surface area contributed by atoms with Crippen molar-refractivity contribution in [3.05, 3.63) is 58.3 Å². The monoisotopic (exact) mass is 324 g/mol. The summed E-state index contributed by atoms with van der Waals surface area (Å²) in [6.07, 6.45) is 0.676. The molecule has 0 N–H and O–H groups in total. The van der Waals surface area contributed by atoms with Crippen LogP contribution in [0.5, 0.6) is 0 Å². The predicted octanol–water partition coefficient (Wildman–Crippen LogP) is 5.11. The van der Waals surface area contributed by atoms with Crippen LogP contribution in [0.25, 0.3) is 16.7 Å². The van der Waals surface area contributed by atoms with Gasteiger partial charge < -0.3 is 0 Å². The highest BCUT2D eigenvalue weighted by molar-refractivity contribution is 6.35. The third-order valence-corrected chi connectivity index (χ3v) is 3.83. The molecule has 0 aliphatic carbocycles. The van der Waals surface area contributed by atoms with Gasteiger partial charge in [-0.1, -0.05) is 35.3 Å². The molecule has 0 unspecified atom stereocenters. The van der Waals surface area contributed by atoms with E-state index in [2.05, 4.69) is 4.98 Å². The van der Waals surface area contributed by atoms with E-state index in [1.54, 1.807) is 6.07 Å². The minimum Gasteiger partial charge on any atom is -0.295 e. The summed E-state index contributed by atoms with van der Waals surface area (Å²) in [5.74, 6) is 1.40. The normalized spacial score (nSPS) is 11.2. The molecule has 0 saturated heterocycles. The fourth-order valence-corrected chi connectivity index (χ4v) is 2.92. The van der Waals surface area contributed by atoms with E-state index in [1.807, 2.05) is 41.0 Å². The van der Waals surface area contributed by atoms with Crippen molar-refractivity contribution in [1.82, 2.24) is 9.55 Å². The Hall–Kier alpha value is -1.22. The zero-order chi connectivity index (χ0) is 14.1. The van der Waals surface area contributed by atoms with Crippen LogP contribution in [-0.2, 0) is 6.42 Å². The molecule has 0 atom stereocenters. The Bertz CT molecular complexity index is 765. The maximum Gasteiger partial charge on any atom is 0.115 e. The molecular formula is C15H11Cl3N2. The Morgan fingerprint density at radius 3 is 2.60 bits per heavy atom. The van der Waals surface area contributed by atoms with Crippen LogP contribution in [0, 0.1) is 0 Å². The third kappa shape index (κ3) is 2.39. The number of para-hydroxylation sites is 2. The van der Waals surface area contributed by atoms with Gasteiger partial charge in [-0.05, 0) is 30.3 Å². The maximum absolute atomic E-state index is 6.33. The van der Waals surface area contributed by atoms with Gasteiger partial charge in [-0.15, -0.1) is 11.6 Å². The Morgan fingerprint density at radius 2 is 1.85 bits per heavy atom. The van der Waals surface area contributed by atoms with Crippen molar-refractivity contribution in [1.29, 1.82) is 0 Å². The highest BCUT2D eigenvalue weighted by atomic mass is 35.5. The number of nitrogens with zero attached hydrogens (tertiary/aromatic N) is 2. The molecule has 1 aromatic heterocycles. The number of imidazole rings is 1. The molecule has 0 spiro atoms. The fraction of sp³-hybridized carbons (Fsp3) is 0.133. The lowest BCUT2D eigenvalue weighted by atomic mass is 10.2. The van der Waals surface area contributed by atoms with E-state index in [0.717, 1.165) is 22.5 Å². The Balaban J connectivity index is 2.30. The van der Waals surface area contributed by atoms with E-state index >= 15 is 0 Å². The number of aryl methyl sites for hydroxylation is 1. The highest BCUT2D eigenvalue weighted by Crippen LogP contribution is 2.29. The molecule has 0 bridgehead atoms. The molecule has 2 nitrogen and oxygen atoms in total. The predicted molar refractivity (Wildman–Crippen MR) is 85.5 cm³/mol. The van der Waals surface area contributed by atoms with Gasteiger partial charge in [0.15, 0.2) is 0 Å². The number of hydrogen-bond acceptors (Lipinski definition) is 1. The van der Waals surface area contributed by atoms with Gasteiger partial charge >= 0.3 is 0 Å². The van der Waals surface area contributed by atoms with Crippen molar-refractivity contribution >= 4 is 45.8 Å². The molecule has 102 valence electrons. The summed E-state index contributed by atoms with van der Waals surface area (Å²) < 4.78 is 2.04. The van der Waals surface area contributed by atoms with Crippen molar-refractivity contribution in [2.24, 2.45) is 0 Å². The second-order valence-electron chi connectivity index (χ2n) is 4.39. The second kappa shape index (κ2) is 5.65. The van der Waals surface area contributed by atoms with E-state index in [9.17, 15) is 0 Å². The molecule has 0 radical (unpaired) electrons. The Labute approximate surface area is 131 Å². The first kappa shape index (κ1) is 13.7. The van der Waals surface area contributed by atoms with Gasteiger partial charge in [-0.2, -0.15) is 0 Å². The van der Waals surface area contributed by atoms with E-state index in [4.69, 9.17) is 34.8 Å². The first-order valence-corrected chi connectivity index (χ1v) is 7.47. The van der Waals surface area contributed by atoms with Crippen molar-refractivity contribution < 1.29 is 0 Å². The summed E-state index contributed by atoms with van der Waals surface area (Å²) in [5.41, 5.74) is 2.81. The lowest BCUT2D eigenvalue weighted by molar-refractivity contribution is 0.912. The highest BCUT2D eigenvalue weighted by Gasteiger charge is 2.14. The molecule has 0 amide bonds. The Kier molecular flexibility index (Phi) is 3.88. The average Bonchev–Trinajstić information content (AvgIpc) is 2.78. The number of halogens is 3. The summed E-state index contributed by atoms with van der Waals surface area (Å²) in [4.78, 5) is 4.63. The largest absolute Gasteiger partial charge is 0.295 e. The molecular weight excluding hydrogens is 315 g/mol. The van der Waals surface area contributed by atoms with Crippen LogP contribution in [0.4, 0.5) is 0 Å². The molecule has 1 heterocycles. The zero-order valence-corrected chi connectivity index (χ0v) is 12.8. The van der Waals surface area contributed by atoms with Gasteiger partial charge in [-0.25, -0.2) is 4.98 Å². The molecule has 0 fully saturated rings. The third-order valence-electron chi connectivity index (χ3n) is 3.10. The quantitative estimate of drug-likeness (QED) is 0.612. The smallest absolute Gasteiger partial charge is 0.115 e. The van der Waals surface area contributed by atoms with Crippen LogP contribution < -0.4 is 0 Å². The number of aromatic nitrogens is 2. The average molecular weight is 326 g/mol. The van der Waals surface area contributed by atoms with Crippen LogP contribution in [0.2, 0.25) is 10.0 Å². The van der Waals surface area contributed by atoms with Crippen molar-refractivity contribution in [2.45, 2.75) is 6.42 Å². The van der Waals surface area contributed by atoms with Gasteiger partial charge in [-0.3, -0.25) is 4.57 Å². The summed E-state index contributed by atoms with van der Waals surface area (Å²) in [6, 6.07) is 13.4. The maximum atomic E-state index is 6.33. The lowest BCUT2D eigenvalue weighted by Crippen LogP contribution is -2.02. The summed E-state index contributed by atoms with van der Waals surface area (Å²) in [6.45, 7) is 0. The first-order valence-electron chi connectivity index (χ1n) is 6.18. The molecule has 2 aromatic carbocycles. The lowest BCUT2D eigenvalue weighted by Gasteiger charge is -2.10. The van der Waals surface area contributed by atoms with Crippen LogP contribution in [0.3, 0.4) is 0 Å². The molecule has 0 aliphatic rings. The molecule has 20 heavy (non-hydrogen) atoms. The number of rotatable bonds is 3. The number of hydrogen-bond donors (Lipinski definition) is 0. The second-order valence-corrected chi connectivity index (χ2v) is 5.61. The molecule has 0 saturated carbocycles. The van der Waals surface area contributed by atoms with Crippen LogP contribution in [-0.4, -0.2) is 15.4 Å². The van der Waals surface area contributed by atoms with Crippen LogP contribution in [0.15, 0.2) is 42.5 Å². The molecule has 0 aliphatic heterocycles. The summed E-state index contributed by atoms with van der Waals surface area (Å²) >= 11 is 18.2. The van der Waals surface area contributed by atoms with Gasteiger partial charge in [0.05, 0.1) is 21.7 Å². The van der Waals surface area contributed by atoms with Gasteiger partial charge in [0.2, 0.25) is 0 Å². The van der Waals surface area contributed by atoms with Gasteiger partial charge in [0.1, 0.15) is 5.82 Å². The van der Waals surface area contributed by atoms with E-state index in [1.165, 1.54) is 0 Å². The van der Waals surface area contributed by atoms with Crippen molar-refractivity contribution in [2.75, 3.05) is 5.88 Å². The van der Waals surface area contributed by atoms with E-state index in [0.29, 0.717) is 22.3 Å². The number of fused-ring (bicyclic) bond motifs is 1. The first-order chi connectivity index (χ1) is 9.70. The summed E-state index contributed by atoms with van der Waals surface area (Å²) in [5, 5.41) is 1.21. The molecule has 3 rings (SSSR count). The van der Waals surface area contributed by atoms with Gasteiger partial charge in [0, 0.05) is 17.3 Å². The van der Waals surface area contributed by atoms with Crippen molar-refractivity contribution in [3.63, 3.8) is 0 Å². The Morgan fingerprint density at radius 1 is 1.05 bits per heavy atom. The number of benzene rings is 2. The standard InChI is InChI=1S/C15H11Cl3N2/c16-8-7-15-19-12-3-1-2-4-14(12)20(15)13-6-5-10(17)9-11(13)18/h1-6,9H,7-8H2. The molecule has 5 heteroatoms. The van der Waals surface area contributed by atoms with Crippen LogP contribution in [0.1, 0.15) is 5.82 Å². The van der Waals surface area contributed by atoms with E-state index < -0.39 is 0 Å². The summed E-state index contributed by atoms with van der Waals surface area (Å²) in [7, 11) is 0. The minimum absolute atomic E-state index is 0.508. The molecule has 3 aromatic rings. The topological polar surface area (TPSA) is 17.8 Å². The number of alkyl halides is 1. The van der Waals surface area contributed by atoms with Gasteiger partial charge in [0.25, 0.3) is 0 Å². The SMILES string of the molecule is ClCCc1nc2ccccc2n1-c1ccc(Cl)cc1Cl. The van der Waals surface area contributed by atoms with E-state index in [-0.39, 0.29) is 0 Å². The van der Waals surface area contributed by atoms with Crippen LogP contribution >= 0.6 is 34.8 Å². The minimum atomic E-state index is 0.508.